The number of rotatable bonds is 3. The van der Waals surface area contributed by atoms with Crippen LogP contribution in [0.15, 0.2) is 12.1 Å². The number of aromatic nitrogens is 1. The lowest BCUT2D eigenvalue weighted by Crippen LogP contribution is -2.35. The summed E-state index contributed by atoms with van der Waals surface area (Å²) in [5, 5.41) is 11.5. The average molecular weight is 196 g/mol. The lowest BCUT2D eigenvalue weighted by Gasteiger charge is -2.11. The predicted molar refractivity (Wildman–Crippen MR) is 54.2 cm³/mol. The summed E-state index contributed by atoms with van der Waals surface area (Å²) in [5.74, 6) is -0.151. The van der Waals surface area contributed by atoms with Crippen LogP contribution in [0, 0.1) is 6.92 Å². The third-order valence-corrected chi connectivity index (χ3v) is 2.26. The van der Waals surface area contributed by atoms with Gasteiger partial charge in [-0.25, -0.2) is 0 Å². The molecule has 0 fully saturated rings. The van der Waals surface area contributed by atoms with Gasteiger partial charge in [-0.1, -0.05) is 0 Å². The highest BCUT2D eigenvalue weighted by molar-refractivity contribution is 5.93. The Morgan fingerprint density at radius 3 is 2.71 bits per heavy atom. The van der Waals surface area contributed by atoms with E-state index in [0.717, 1.165) is 5.69 Å². The van der Waals surface area contributed by atoms with Crippen LogP contribution in [0.5, 0.6) is 0 Å². The number of hydrogen-bond donors (Lipinski definition) is 2. The molecule has 0 radical (unpaired) electrons. The molecule has 1 rings (SSSR count). The molecule has 1 heterocycles. The van der Waals surface area contributed by atoms with Crippen molar-refractivity contribution in [1.82, 2.24) is 9.88 Å². The van der Waals surface area contributed by atoms with E-state index in [-0.39, 0.29) is 18.6 Å². The average Bonchev–Trinajstić information content (AvgIpc) is 2.47. The van der Waals surface area contributed by atoms with E-state index in [1.807, 2.05) is 24.6 Å². The molecule has 0 aliphatic rings. The van der Waals surface area contributed by atoms with Crippen LogP contribution in [-0.2, 0) is 7.05 Å². The first-order valence-corrected chi connectivity index (χ1v) is 4.60. The van der Waals surface area contributed by atoms with Crippen molar-refractivity contribution in [1.29, 1.82) is 0 Å². The Balaban J connectivity index is 2.75. The van der Waals surface area contributed by atoms with Gasteiger partial charge in [0.1, 0.15) is 5.69 Å². The van der Waals surface area contributed by atoms with Crippen molar-refractivity contribution < 1.29 is 9.90 Å². The summed E-state index contributed by atoms with van der Waals surface area (Å²) in [6.45, 7) is 3.65. The van der Waals surface area contributed by atoms with Gasteiger partial charge in [0.2, 0.25) is 0 Å². The van der Waals surface area contributed by atoms with Crippen molar-refractivity contribution in [3.05, 3.63) is 23.5 Å². The van der Waals surface area contributed by atoms with Gasteiger partial charge in [0, 0.05) is 18.8 Å². The highest BCUT2D eigenvalue weighted by atomic mass is 16.3. The van der Waals surface area contributed by atoms with Crippen LogP contribution in [-0.4, -0.2) is 28.2 Å². The van der Waals surface area contributed by atoms with Crippen molar-refractivity contribution in [2.24, 2.45) is 7.05 Å². The highest BCUT2D eigenvalue weighted by Gasteiger charge is 2.12. The third-order valence-electron chi connectivity index (χ3n) is 2.26. The van der Waals surface area contributed by atoms with Gasteiger partial charge in [-0.05, 0) is 26.0 Å². The molecule has 0 saturated heterocycles. The van der Waals surface area contributed by atoms with Crippen LogP contribution < -0.4 is 5.32 Å². The van der Waals surface area contributed by atoms with E-state index in [0.29, 0.717) is 5.69 Å². The van der Waals surface area contributed by atoms with Gasteiger partial charge in [0.15, 0.2) is 0 Å². The fourth-order valence-electron chi connectivity index (χ4n) is 1.18. The summed E-state index contributed by atoms with van der Waals surface area (Å²) in [6, 6.07) is 3.45. The maximum atomic E-state index is 11.6. The number of carbonyl (C=O) groups excluding carboxylic acids is 1. The number of hydrogen-bond acceptors (Lipinski definition) is 2. The molecule has 4 heteroatoms. The third kappa shape index (κ3) is 2.14. The SMILES string of the molecule is Cc1ccc(C(=O)N[C@H](C)CO)n1C. The number of amides is 1. The number of nitrogens with one attached hydrogen (secondary N) is 1. The molecule has 2 N–H and O–H groups in total. The normalized spacial score (nSPS) is 12.6. The second kappa shape index (κ2) is 4.28. The fraction of sp³-hybridized carbons (Fsp3) is 0.500. The van der Waals surface area contributed by atoms with E-state index in [9.17, 15) is 4.79 Å². The smallest absolute Gasteiger partial charge is 0.268 e. The number of aliphatic hydroxyl groups excluding tert-OH is 1. The quantitative estimate of drug-likeness (QED) is 0.737. The zero-order chi connectivity index (χ0) is 10.7. The number of aryl methyl sites for hydroxylation is 1. The van der Waals surface area contributed by atoms with Crippen molar-refractivity contribution in [3.8, 4) is 0 Å². The molecule has 0 spiro atoms. The van der Waals surface area contributed by atoms with Crippen LogP contribution >= 0.6 is 0 Å². The minimum Gasteiger partial charge on any atom is -0.394 e. The second-order valence-corrected chi connectivity index (χ2v) is 3.48. The molecule has 1 atom stereocenters. The summed E-state index contributed by atoms with van der Waals surface area (Å²) in [6.07, 6.45) is 0. The van der Waals surface area contributed by atoms with Gasteiger partial charge in [-0.3, -0.25) is 4.79 Å². The Labute approximate surface area is 83.5 Å². The molecule has 1 amide bonds. The van der Waals surface area contributed by atoms with Gasteiger partial charge in [-0.15, -0.1) is 0 Å². The van der Waals surface area contributed by atoms with Crippen LogP contribution in [0.1, 0.15) is 23.1 Å². The van der Waals surface area contributed by atoms with Crippen molar-refractivity contribution >= 4 is 5.91 Å². The molecule has 4 nitrogen and oxygen atoms in total. The molecule has 0 aromatic carbocycles. The van der Waals surface area contributed by atoms with E-state index in [1.165, 1.54) is 0 Å². The molecule has 0 aliphatic carbocycles. The summed E-state index contributed by atoms with van der Waals surface area (Å²) in [4.78, 5) is 11.6. The lowest BCUT2D eigenvalue weighted by atomic mass is 10.3. The summed E-state index contributed by atoms with van der Waals surface area (Å²) >= 11 is 0. The van der Waals surface area contributed by atoms with E-state index in [4.69, 9.17) is 5.11 Å². The fourth-order valence-corrected chi connectivity index (χ4v) is 1.18. The van der Waals surface area contributed by atoms with Crippen molar-refractivity contribution in [3.63, 3.8) is 0 Å². The number of nitrogens with zero attached hydrogens (tertiary/aromatic N) is 1. The van der Waals surface area contributed by atoms with E-state index < -0.39 is 0 Å². The number of carbonyl (C=O) groups is 1. The second-order valence-electron chi connectivity index (χ2n) is 3.48. The molecule has 0 bridgehead atoms. The van der Waals surface area contributed by atoms with Crippen molar-refractivity contribution in [2.45, 2.75) is 19.9 Å². The largest absolute Gasteiger partial charge is 0.394 e. The zero-order valence-electron chi connectivity index (χ0n) is 8.74. The Kier molecular flexibility index (Phi) is 3.30. The first kappa shape index (κ1) is 10.8. The molecule has 0 aliphatic heterocycles. The molecule has 78 valence electrons. The van der Waals surface area contributed by atoms with Crippen LogP contribution in [0.4, 0.5) is 0 Å². The minimum absolute atomic E-state index is 0.0465. The standard InChI is InChI=1S/C10H16N2O2/c1-7(6-13)11-10(14)9-5-4-8(2)12(9)3/h4-5,7,13H,6H2,1-3H3,(H,11,14)/t7-/m1/s1. The molecule has 0 unspecified atom stereocenters. The molecule has 1 aromatic rings. The van der Waals surface area contributed by atoms with Gasteiger partial charge in [-0.2, -0.15) is 0 Å². The van der Waals surface area contributed by atoms with Crippen LogP contribution in [0.2, 0.25) is 0 Å². The van der Waals surface area contributed by atoms with E-state index in [2.05, 4.69) is 5.32 Å². The van der Waals surface area contributed by atoms with Crippen LogP contribution in [0.3, 0.4) is 0 Å². The molecule has 14 heavy (non-hydrogen) atoms. The summed E-state index contributed by atoms with van der Waals surface area (Å²) in [7, 11) is 1.84. The maximum Gasteiger partial charge on any atom is 0.268 e. The summed E-state index contributed by atoms with van der Waals surface area (Å²) in [5.41, 5.74) is 1.65. The van der Waals surface area contributed by atoms with Gasteiger partial charge in [0.25, 0.3) is 5.91 Å². The maximum absolute atomic E-state index is 11.6. The Bertz CT molecular complexity index is 331. The van der Waals surface area contributed by atoms with E-state index in [1.54, 1.807) is 13.0 Å². The molecule has 1 aromatic heterocycles. The van der Waals surface area contributed by atoms with Crippen molar-refractivity contribution in [2.75, 3.05) is 6.61 Å². The highest BCUT2D eigenvalue weighted by Crippen LogP contribution is 2.05. The Morgan fingerprint density at radius 2 is 2.29 bits per heavy atom. The molecule has 0 saturated carbocycles. The Hall–Kier alpha value is -1.29. The first-order chi connectivity index (χ1) is 6.56. The topological polar surface area (TPSA) is 54.3 Å². The van der Waals surface area contributed by atoms with Gasteiger partial charge < -0.3 is 15.0 Å². The predicted octanol–water partition coefficient (Wildman–Crippen LogP) is 0.444. The van der Waals surface area contributed by atoms with E-state index >= 15 is 0 Å². The molecular formula is C10H16N2O2. The van der Waals surface area contributed by atoms with Crippen LogP contribution in [0.25, 0.3) is 0 Å². The molecular weight excluding hydrogens is 180 g/mol. The number of aliphatic hydroxyl groups is 1. The zero-order valence-corrected chi connectivity index (χ0v) is 8.74. The first-order valence-electron chi connectivity index (χ1n) is 4.60. The summed E-state index contributed by atoms with van der Waals surface area (Å²) < 4.78 is 1.82. The van der Waals surface area contributed by atoms with Gasteiger partial charge in [0.05, 0.1) is 6.61 Å². The monoisotopic (exact) mass is 196 g/mol. The lowest BCUT2D eigenvalue weighted by molar-refractivity contribution is 0.0914. The Morgan fingerprint density at radius 1 is 1.64 bits per heavy atom. The minimum atomic E-state index is -0.210. The van der Waals surface area contributed by atoms with Gasteiger partial charge >= 0.3 is 0 Å².